The van der Waals surface area contributed by atoms with Crippen molar-refractivity contribution in [1.29, 1.82) is 0 Å². The monoisotopic (exact) mass is 271 g/mol. The van der Waals surface area contributed by atoms with Crippen LogP contribution in [0.5, 0.6) is 0 Å². The molecule has 106 valence electrons. The fraction of sp³-hybridized carbons (Fsp3) is 0.333. The van der Waals surface area contributed by atoms with E-state index in [0.29, 0.717) is 5.82 Å². The maximum Gasteiger partial charge on any atom is 0.148 e. The van der Waals surface area contributed by atoms with Crippen LogP contribution in [0.25, 0.3) is 0 Å². The Balaban J connectivity index is 2.19. The molecule has 0 saturated heterocycles. The molecule has 0 amide bonds. The Bertz CT molecular complexity index is 568. The number of hydrogen-bond donors (Lipinski definition) is 3. The second-order valence-electron chi connectivity index (χ2n) is 4.52. The van der Waals surface area contributed by atoms with Gasteiger partial charge in [0.25, 0.3) is 0 Å². The quantitative estimate of drug-likeness (QED) is 0.556. The van der Waals surface area contributed by atoms with Gasteiger partial charge in [-0.1, -0.05) is 38.1 Å². The summed E-state index contributed by atoms with van der Waals surface area (Å²) in [6.07, 6.45) is 3.36. The minimum Gasteiger partial charge on any atom is -0.366 e. The second-order valence-corrected chi connectivity index (χ2v) is 4.52. The number of aryl methyl sites for hydroxylation is 1. The summed E-state index contributed by atoms with van der Waals surface area (Å²) in [6, 6.07) is 8.43. The van der Waals surface area contributed by atoms with E-state index in [4.69, 9.17) is 5.84 Å². The lowest BCUT2D eigenvalue weighted by molar-refractivity contribution is 0.989. The highest BCUT2D eigenvalue weighted by molar-refractivity contribution is 5.57. The van der Waals surface area contributed by atoms with E-state index in [1.807, 2.05) is 0 Å². The summed E-state index contributed by atoms with van der Waals surface area (Å²) in [7, 11) is 0. The SMILES string of the molecule is CCc1ccccc1CNc1ncnc(NN)c1CC. The van der Waals surface area contributed by atoms with Crippen molar-refractivity contribution >= 4 is 11.6 Å². The van der Waals surface area contributed by atoms with Crippen LogP contribution in [-0.4, -0.2) is 9.97 Å². The maximum absolute atomic E-state index is 5.48. The average molecular weight is 271 g/mol. The minimum absolute atomic E-state index is 0.675. The summed E-state index contributed by atoms with van der Waals surface area (Å²) in [4.78, 5) is 8.44. The lowest BCUT2D eigenvalue weighted by atomic mass is 10.1. The molecule has 1 aromatic heterocycles. The molecule has 0 radical (unpaired) electrons. The zero-order valence-electron chi connectivity index (χ0n) is 12.0. The molecule has 5 heteroatoms. The molecule has 4 N–H and O–H groups in total. The Morgan fingerprint density at radius 3 is 2.35 bits per heavy atom. The first-order valence-corrected chi connectivity index (χ1v) is 6.91. The molecule has 1 aromatic carbocycles. The molecule has 0 aliphatic rings. The molecule has 5 nitrogen and oxygen atoms in total. The number of nitrogen functional groups attached to an aromatic ring is 1. The predicted molar refractivity (Wildman–Crippen MR) is 82.4 cm³/mol. The molecule has 2 rings (SSSR count). The van der Waals surface area contributed by atoms with Crippen molar-refractivity contribution < 1.29 is 0 Å². The minimum atomic E-state index is 0.675. The third-order valence-corrected chi connectivity index (χ3v) is 3.38. The zero-order valence-corrected chi connectivity index (χ0v) is 12.0. The molecule has 2 aromatic rings. The van der Waals surface area contributed by atoms with Crippen molar-refractivity contribution in [3.05, 3.63) is 47.3 Å². The lowest BCUT2D eigenvalue weighted by Crippen LogP contribution is -2.14. The van der Waals surface area contributed by atoms with Crippen LogP contribution >= 0.6 is 0 Å². The van der Waals surface area contributed by atoms with Crippen LogP contribution in [0, 0.1) is 0 Å². The highest BCUT2D eigenvalue weighted by Gasteiger charge is 2.09. The topological polar surface area (TPSA) is 75.9 Å². The summed E-state index contributed by atoms with van der Waals surface area (Å²) in [5.74, 6) is 6.99. The van der Waals surface area contributed by atoms with Crippen molar-refractivity contribution in [2.24, 2.45) is 5.84 Å². The summed E-state index contributed by atoms with van der Waals surface area (Å²) in [5, 5.41) is 3.38. The molecule has 0 bridgehead atoms. The first kappa shape index (κ1) is 14.3. The Hall–Kier alpha value is -2.14. The number of hydrogen-bond acceptors (Lipinski definition) is 5. The number of hydrazine groups is 1. The van der Waals surface area contributed by atoms with E-state index in [1.165, 1.54) is 17.5 Å². The van der Waals surface area contributed by atoms with E-state index in [-0.39, 0.29) is 0 Å². The van der Waals surface area contributed by atoms with E-state index in [9.17, 15) is 0 Å². The molecule has 0 spiro atoms. The molecule has 0 unspecified atom stereocenters. The standard InChI is InChI=1S/C15H21N5/c1-3-11-7-5-6-8-12(11)9-17-14-13(4-2)15(20-16)19-10-18-14/h5-8,10H,3-4,9,16H2,1-2H3,(H2,17,18,19,20). The van der Waals surface area contributed by atoms with Gasteiger partial charge >= 0.3 is 0 Å². The molecule has 20 heavy (non-hydrogen) atoms. The van der Waals surface area contributed by atoms with Gasteiger partial charge in [-0.3, -0.25) is 0 Å². The van der Waals surface area contributed by atoms with Crippen LogP contribution in [0.4, 0.5) is 11.6 Å². The number of benzene rings is 1. The van der Waals surface area contributed by atoms with E-state index in [2.05, 4.69) is 58.8 Å². The predicted octanol–water partition coefficient (Wildman–Crippen LogP) is 2.50. The smallest absolute Gasteiger partial charge is 0.148 e. The summed E-state index contributed by atoms with van der Waals surface area (Å²) >= 11 is 0. The van der Waals surface area contributed by atoms with Crippen LogP contribution in [0.2, 0.25) is 0 Å². The Morgan fingerprint density at radius 2 is 1.70 bits per heavy atom. The van der Waals surface area contributed by atoms with Crippen molar-refractivity contribution in [1.82, 2.24) is 9.97 Å². The van der Waals surface area contributed by atoms with E-state index < -0.39 is 0 Å². The molecule has 1 heterocycles. The second kappa shape index (κ2) is 6.86. The molecular formula is C15H21N5. The lowest BCUT2D eigenvalue weighted by Gasteiger charge is -2.14. The van der Waals surface area contributed by atoms with Gasteiger partial charge in [-0.2, -0.15) is 0 Å². The van der Waals surface area contributed by atoms with Gasteiger partial charge in [0.05, 0.1) is 0 Å². The molecule has 0 aliphatic carbocycles. The van der Waals surface area contributed by atoms with Gasteiger partial charge in [-0.25, -0.2) is 15.8 Å². The van der Waals surface area contributed by atoms with Crippen LogP contribution in [-0.2, 0) is 19.4 Å². The number of nitrogens with two attached hydrogens (primary N) is 1. The highest BCUT2D eigenvalue weighted by atomic mass is 15.3. The van der Waals surface area contributed by atoms with Gasteiger partial charge in [0.1, 0.15) is 18.0 Å². The third kappa shape index (κ3) is 3.05. The molecule has 0 fully saturated rings. The van der Waals surface area contributed by atoms with Gasteiger partial charge in [0.15, 0.2) is 0 Å². The summed E-state index contributed by atoms with van der Waals surface area (Å²) in [6.45, 7) is 4.97. The molecule has 0 saturated carbocycles. The number of anilines is 2. The van der Waals surface area contributed by atoms with Gasteiger partial charge in [-0.15, -0.1) is 0 Å². The summed E-state index contributed by atoms with van der Waals surface area (Å²) < 4.78 is 0. The number of aromatic nitrogens is 2. The largest absolute Gasteiger partial charge is 0.366 e. The Kier molecular flexibility index (Phi) is 4.90. The van der Waals surface area contributed by atoms with Crippen molar-refractivity contribution in [2.75, 3.05) is 10.7 Å². The fourth-order valence-corrected chi connectivity index (χ4v) is 2.28. The first-order chi connectivity index (χ1) is 9.80. The van der Waals surface area contributed by atoms with E-state index in [0.717, 1.165) is 30.8 Å². The summed E-state index contributed by atoms with van der Waals surface area (Å²) in [5.41, 5.74) is 6.26. The highest BCUT2D eigenvalue weighted by Crippen LogP contribution is 2.20. The van der Waals surface area contributed by atoms with Crippen LogP contribution in [0.3, 0.4) is 0 Å². The van der Waals surface area contributed by atoms with Gasteiger partial charge < -0.3 is 10.7 Å². The molecule has 0 aliphatic heterocycles. The van der Waals surface area contributed by atoms with Gasteiger partial charge in [0.2, 0.25) is 0 Å². The normalized spacial score (nSPS) is 10.3. The van der Waals surface area contributed by atoms with Gasteiger partial charge in [-0.05, 0) is 24.0 Å². The maximum atomic E-state index is 5.48. The van der Waals surface area contributed by atoms with Crippen molar-refractivity contribution in [3.63, 3.8) is 0 Å². The fourth-order valence-electron chi connectivity index (χ4n) is 2.28. The van der Waals surface area contributed by atoms with Crippen LogP contribution in [0.1, 0.15) is 30.5 Å². The molecule has 0 atom stereocenters. The Labute approximate surface area is 119 Å². The number of nitrogens with zero attached hydrogens (tertiary/aromatic N) is 2. The third-order valence-electron chi connectivity index (χ3n) is 3.38. The Morgan fingerprint density at radius 1 is 1.00 bits per heavy atom. The van der Waals surface area contributed by atoms with E-state index >= 15 is 0 Å². The average Bonchev–Trinajstić information content (AvgIpc) is 2.52. The zero-order chi connectivity index (χ0) is 14.4. The van der Waals surface area contributed by atoms with Crippen molar-refractivity contribution in [2.45, 2.75) is 33.2 Å². The van der Waals surface area contributed by atoms with Crippen molar-refractivity contribution in [3.8, 4) is 0 Å². The number of rotatable bonds is 6. The van der Waals surface area contributed by atoms with Gasteiger partial charge in [0, 0.05) is 12.1 Å². The molecular weight excluding hydrogens is 250 g/mol. The van der Waals surface area contributed by atoms with E-state index in [1.54, 1.807) is 0 Å². The number of nitrogens with one attached hydrogen (secondary N) is 2. The first-order valence-electron chi connectivity index (χ1n) is 6.91. The van der Waals surface area contributed by atoms with Crippen LogP contribution in [0.15, 0.2) is 30.6 Å². The van der Waals surface area contributed by atoms with Crippen LogP contribution < -0.4 is 16.6 Å².